The summed E-state index contributed by atoms with van der Waals surface area (Å²) in [7, 11) is 0. The molecule has 2 saturated heterocycles. The van der Waals surface area contributed by atoms with Gasteiger partial charge in [-0.15, -0.1) is 5.10 Å². The van der Waals surface area contributed by atoms with Crippen LogP contribution in [0.5, 0.6) is 0 Å². The van der Waals surface area contributed by atoms with Crippen LogP contribution in [0.4, 0.5) is 6.01 Å². The van der Waals surface area contributed by atoms with Crippen LogP contribution in [-0.4, -0.2) is 57.0 Å². The fraction of sp³-hybridized carbons (Fsp3) is 0.625. The summed E-state index contributed by atoms with van der Waals surface area (Å²) in [6.45, 7) is 4.13. The highest BCUT2D eigenvalue weighted by Gasteiger charge is 2.48. The molecule has 1 atom stereocenters. The zero-order chi connectivity index (χ0) is 17.3. The highest BCUT2D eigenvalue weighted by molar-refractivity contribution is 5.76. The van der Waals surface area contributed by atoms with Gasteiger partial charge in [-0.3, -0.25) is 4.79 Å². The molecule has 2 aromatic rings. The van der Waals surface area contributed by atoms with Crippen molar-refractivity contribution < 1.29 is 13.9 Å². The molecule has 0 aromatic carbocycles. The summed E-state index contributed by atoms with van der Waals surface area (Å²) >= 11 is 0. The SMILES string of the molecule is Cc1nnc(N2CC(NC(=O)Cn3ccnc3)CC23CCOCC3)o1. The number of anilines is 1. The van der Waals surface area contributed by atoms with Crippen molar-refractivity contribution in [2.75, 3.05) is 24.7 Å². The lowest BCUT2D eigenvalue weighted by Gasteiger charge is -2.40. The largest absolute Gasteiger partial charge is 0.408 e. The fourth-order valence-electron chi connectivity index (χ4n) is 3.87. The topological polar surface area (TPSA) is 98.3 Å². The molecule has 2 aliphatic heterocycles. The number of nitrogens with one attached hydrogen (secondary N) is 1. The number of rotatable bonds is 4. The molecule has 2 aliphatic rings. The monoisotopic (exact) mass is 346 g/mol. The standard InChI is InChI=1S/C16H22N6O3/c1-12-19-20-15(25-12)22-9-13(8-16(22)2-6-24-7-3-16)18-14(23)10-21-5-4-17-11-21/h4-5,11,13H,2-3,6-10H2,1H3,(H,18,23). The highest BCUT2D eigenvalue weighted by atomic mass is 16.5. The van der Waals surface area contributed by atoms with Crippen LogP contribution in [0.3, 0.4) is 0 Å². The zero-order valence-electron chi connectivity index (χ0n) is 14.2. The van der Waals surface area contributed by atoms with Crippen LogP contribution in [0.25, 0.3) is 0 Å². The number of carbonyl (C=O) groups is 1. The van der Waals surface area contributed by atoms with Gasteiger partial charge in [-0.05, 0) is 19.3 Å². The molecule has 9 nitrogen and oxygen atoms in total. The molecule has 1 unspecified atom stereocenters. The summed E-state index contributed by atoms with van der Waals surface area (Å²) in [5, 5.41) is 11.3. The van der Waals surface area contributed by atoms with Gasteiger partial charge in [-0.1, -0.05) is 5.10 Å². The summed E-state index contributed by atoms with van der Waals surface area (Å²) in [4.78, 5) is 18.5. The number of ether oxygens (including phenoxy) is 1. The van der Waals surface area contributed by atoms with Crippen LogP contribution in [0.2, 0.25) is 0 Å². The summed E-state index contributed by atoms with van der Waals surface area (Å²) in [6.07, 6.45) is 7.72. The Bertz CT molecular complexity index is 722. The van der Waals surface area contributed by atoms with Gasteiger partial charge in [0.1, 0.15) is 6.54 Å². The second kappa shape index (κ2) is 6.47. The molecule has 25 heavy (non-hydrogen) atoms. The smallest absolute Gasteiger partial charge is 0.318 e. The van der Waals surface area contributed by atoms with Gasteiger partial charge in [0.05, 0.1) is 11.9 Å². The Kier molecular flexibility index (Phi) is 4.16. The Morgan fingerprint density at radius 1 is 1.40 bits per heavy atom. The van der Waals surface area contributed by atoms with Crippen LogP contribution in [0, 0.1) is 6.92 Å². The summed E-state index contributed by atoms with van der Waals surface area (Å²) in [5.41, 5.74) is -0.0931. The number of aromatic nitrogens is 4. The second-order valence-corrected chi connectivity index (χ2v) is 6.75. The molecule has 0 radical (unpaired) electrons. The summed E-state index contributed by atoms with van der Waals surface area (Å²) in [6, 6.07) is 0.576. The molecule has 0 saturated carbocycles. The molecule has 1 amide bonds. The van der Waals surface area contributed by atoms with Crippen molar-refractivity contribution in [3.8, 4) is 0 Å². The van der Waals surface area contributed by atoms with Crippen molar-refractivity contribution in [1.82, 2.24) is 25.1 Å². The number of imidazole rings is 1. The van der Waals surface area contributed by atoms with Crippen LogP contribution in [-0.2, 0) is 16.1 Å². The van der Waals surface area contributed by atoms with E-state index in [2.05, 4.69) is 25.4 Å². The van der Waals surface area contributed by atoms with Gasteiger partial charge in [0.15, 0.2) is 0 Å². The maximum Gasteiger partial charge on any atom is 0.318 e. The minimum Gasteiger partial charge on any atom is -0.408 e. The number of nitrogens with zero attached hydrogens (tertiary/aromatic N) is 5. The van der Waals surface area contributed by atoms with Gasteiger partial charge in [-0.2, -0.15) is 0 Å². The third kappa shape index (κ3) is 3.23. The van der Waals surface area contributed by atoms with Crippen molar-refractivity contribution in [3.63, 3.8) is 0 Å². The first kappa shape index (κ1) is 16.1. The molecule has 1 spiro atoms. The van der Waals surface area contributed by atoms with E-state index in [1.807, 2.05) is 0 Å². The van der Waals surface area contributed by atoms with Crippen LogP contribution >= 0.6 is 0 Å². The van der Waals surface area contributed by atoms with Crippen molar-refractivity contribution in [3.05, 3.63) is 24.6 Å². The Hall–Kier alpha value is -2.42. The van der Waals surface area contributed by atoms with E-state index >= 15 is 0 Å². The molecule has 9 heteroatoms. The first-order chi connectivity index (χ1) is 12.1. The van der Waals surface area contributed by atoms with Crippen molar-refractivity contribution in [1.29, 1.82) is 0 Å². The fourth-order valence-corrected chi connectivity index (χ4v) is 3.87. The zero-order valence-corrected chi connectivity index (χ0v) is 14.2. The Labute approximate surface area is 145 Å². The Balaban J connectivity index is 1.48. The molecule has 4 heterocycles. The third-order valence-electron chi connectivity index (χ3n) is 5.02. The minimum atomic E-state index is -0.0931. The van der Waals surface area contributed by atoms with Gasteiger partial charge in [0.2, 0.25) is 11.8 Å². The molecule has 0 bridgehead atoms. The van der Waals surface area contributed by atoms with E-state index in [4.69, 9.17) is 9.15 Å². The van der Waals surface area contributed by atoms with E-state index in [0.29, 0.717) is 31.7 Å². The first-order valence-corrected chi connectivity index (χ1v) is 8.55. The Morgan fingerprint density at radius 2 is 2.24 bits per heavy atom. The minimum absolute atomic E-state index is 0.0197. The van der Waals surface area contributed by atoms with Crippen molar-refractivity contribution in [2.45, 2.75) is 44.3 Å². The molecule has 1 N–H and O–H groups in total. The highest BCUT2D eigenvalue weighted by Crippen LogP contribution is 2.40. The van der Waals surface area contributed by atoms with E-state index in [-0.39, 0.29) is 24.0 Å². The normalized spacial score (nSPS) is 22.4. The van der Waals surface area contributed by atoms with Crippen molar-refractivity contribution >= 4 is 11.9 Å². The average molecular weight is 346 g/mol. The molecule has 134 valence electrons. The van der Waals surface area contributed by atoms with Gasteiger partial charge >= 0.3 is 6.01 Å². The van der Waals surface area contributed by atoms with Crippen molar-refractivity contribution in [2.24, 2.45) is 0 Å². The molecule has 4 rings (SSSR count). The van der Waals surface area contributed by atoms with Gasteiger partial charge in [0, 0.05) is 45.1 Å². The van der Waals surface area contributed by atoms with E-state index in [1.165, 1.54) is 0 Å². The molecular formula is C16H22N6O3. The number of amides is 1. The predicted octanol–water partition coefficient (Wildman–Crippen LogP) is 0.519. The molecular weight excluding hydrogens is 324 g/mol. The lowest BCUT2D eigenvalue weighted by Crippen LogP contribution is -2.48. The van der Waals surface area contributed by atoms with Crippen LogP contribution in [0.15, 0.2) is 23.1 Å². The number of hydrogen-bond donors (Lipinski definition) is 1. The van der Waals surface area contributed by atoms with E-state index in [1.54, 1.807) is 30.2 Å². The predicted molar refractivity (Wildman–Crippen MR) is 87.9 cm³/mol. The quantitative estimate of drug-likeness (QED) is 0.861. The average Bonchev–Trinajstić information content (AvgIpc) is 3.30. The molecule has 0 aliphatic carbocycles. The van der Waals surface area contributed by atoms with Gasteiger partial charge in [0.25, 0.3) is 0 Å². The van der Waals surface area contributed by atoms with Crippen LogP contribution in [0.1, 0.15) is 25.2 Å². The molecule has 2 aromatic heterocycles. The third-order valence-corrected chi connectivity index (χ3v) is 5.02. The molecule has 2 fully saturated rings. The second-order valence-electron chi connectivity index (χ2n) is 6.75. The number of carbonyl (C=O) groups excluding carboxylic acids is 1. The van der Waals surface area contributed by atoms with Gasteiger partial charge in [-0.25, -0.2) is 4.98 Å². The summed E-state index contributed by atoms with van der Waals surface area (Å²) < 4.78 is 13.0. The first-order valence-electron chi connectivity index (χ1n) is 8.55. The lowest BCUT2D eigenvalue weighted by molar-refractivity contribution is -0.122. The van der Waals surface area contributed by atoms with E-state index < -0.39 is 0 Å². The number of hydrogen-bond acceptors (Lipinski definition) is 7. The van der Waals surface area contributed by atoms with Crippen LogP contribution < -0.4 is 10.2 Å². The number of aryl methyl sites for hydroxylation is 1. The van der Waals surface area contributed by atoms with E-state index in [9.17, 15) is 4.79 Å². The summed E-state index contributed by atoms with van der Waals surface area (Å²) in [5.74, 6) is 0.526. The maximum absolute atomic E-state index is 12.3. The lowest BCUT2D eigenvalue weighted by atomic mass is 9.86. The van der Waals surface area contributed by atoms with E-state index in [0.717, 1.165) is 19.3 Å². The maximum atomic E-state index is 12.3. The Morgan fingerprint density at radius 3 is 2.92 bits per heavy atom. The van der Waals surface area contributed by atoms with Gasteiger partial charge < -0.3 is 23.9 Å².